The van der Waals surface area contributed by atoms with E-state index in [1.165, 1.54) is 11.1 Å². The molecule has 1 aliphatic heterocycles. The smallest absolute Gasteiger partial charge is 0.211 e. The van der Waals surface area contributed by atoms with Crippen LogP contribution in [-0.2, 0) is 23.0 Å². The molecule has 0 aliphatic carbocycles. The van der Waals surface area contributed by atoms with Crippen LogP contribution in [0.25, 0.3) is 0 Å². The lowest BCUT2D eigenvalue weighted by atomic mass is 9.99. The van der Waals surface area contributed by atoms with Crippen molar-refractivity contribution in [3.63, 3.8) is 0 Å². The van der Waals surface area contributed by atoms with E-state index in [0.717, 1.165) is 43.5 Å². The van der Waals surface area contributed by atoms with Crippen LogP contribution in [0.1, 0.15) is 31.4 Å². The third-order valence-electron chi connectivity index (χ3n) is 4.65. The van der Waals surface area contributed by atoms with Gasteiger partial charge in [0.15, 0.2) is 17.5 Å². The summed E-state index contributed by atoms with van der Waals surface area (Å²) < 4.78 is 36.4. The minimum absolute atomic E-state index is 0. The van der Waals surface area contributed by atoms with Gasteiger partial charge < -0.3 is 19.7 Å². The van der Waals surface area contributed by atoms with Gasteiger partial charge in [0.25, 0.3) is 0 Å². The largest absolute Gasteiger partial charge is 0.493 e. The summed E-state index contributed by atoms with van der Waals surface area (Å²) in [6.45, 7) is 7.00. The van der Waals surface area contributed by atoms with E-state index >= 15 is 0 Å². The molecular weight excluding hydrogens is 507 g/mol. The van der Waals surface area contributed by atoms with Crippen LogP contribution in [0.2, 0.25) is 0 Å². The Kier molecular flexibility index (Phi) is 11.0. The fourth-order valence-electron chi connectivity index (χ4n) is 3.08. The maximum atomic E-state index is 11.5. The van der Waals surface area contributed by atoms with Crippen LogP contribution >= 0.6 is 24.0 Å². The van der Waals surface area contributed by atoms with Gasteiger partial charge in [0.05, 0.1) is 20.0 Å². The Balaban J connectivity index is 0.00000420. The zero-order chi connectivity index (χ0) is 20.6. The number of aliphatic imine (C=N–C) groups is 1. The van der Waals surface area contributed by atoms with Crippen molar-refractivity contribution in [3.05, 3.63) is 23.3 Å². The summed E-state index contributed by atoms with van der Waals surface area (Å²) in [5.74, 6) is 2.43. The lowest BCUT2D eigenvalue weighted by Gasteiger charge is -2.32. The van der Waals surface area contributed by atoms with Gasteiger partial charge in [-0.1, -0.05) is 0 Å². The van der Waals surface area contributed by atoms with Gasteiger partial charge in [0.1, 0.15) is 0 Å². The van der Waals surface area contributed by atoms with E-state index in [0.29, 0.717) is 19.5 Å². The molecule has 8 nitrogen and oxygen atoms in total. The van der Waals surface area contributed by atoms with Crippen LogP contribution < -0.4 is 19.5 Å². The molecule has 1 heterocycles. The highest BCUT2D eigenvalue weighted by Crippen LogP contribution is 2.33. The van der Waals surface area contributed by atoms with Crippen molar-refractivity contribution in [2.24, 2.45) is 4.99 Å². The first kappa shape index (κ1) is 25.8. The topological polar surface area (TPSA) is 92.3 Å². The number of benzene rings is 1. The Morgan fingerprint density at radius 3 is 2.41 bits per heavy atom. The molecule has 0 aromatic heterocycles. The van der Waals surface area contributed by atoms with Crippen LogP contribution in [0.3, 0.4) is 0 Å². The Morgan fingerprint density at radius 2 is 1.83 bits per heavy atom. The molecule has 166 valence electrons. The normalized spacial score (nSPS) is 14.1. The number of rotatable bonds is 9. The molecule has 0 saturated heterocycles. The Morgan fingerprint density at radius 1 is 1.17 bits per heavy atom. The quantitative estimate of drug-likeness (QED) is 0.216. The van der Waals surface area contributed by atoms with Gasteiger partial charge in [-0.05, 0) is 49.9 Å². The number of fused-ring (bicyclic) bond motifs is 1. The van der Waals surface area contributed by atoms with E-state index in [9.17, 15) is 8.42 Å². The van der Waals surface area contributed by atoms with Crippen molar-refractivity contribution >= 4 is 40.0 Å². The number of hydrogen-bond donors (Lipinski definition) is 2. The summed E-state index contributed by atoms with van der Waals surface area (Å²) in [5.41, 5.74) is 2.46. The zero-order valence-corrected chi connectivity index (χ0v) is 20.8. The standard InChI is InChI=1S/C19H32N4O4S.HI/c1-5-20-19(21-9-7-10-22-28(24,25)6-2)23-11-8-15-12-17(26-3)18(27-4)13-16(15)14-23;/h12-13,22H,5-11,14H2,1-4H3,(H,20,21);1H. The minimum Gasteiger partial charge on any atom is -0.493 e. The van der Waals surface area contributed by atoms with E-state index in [-0.39, 0.29) is 29.7 Å². The molecule has 2 rings (SSSR count). The Hall–Kier alpha value is -1.27. The third kappa shape index (κ3) is 7.49. The van der Waals surface area contributed by atoms with Crippen LogP contribution in [0, 0.1) is 0 Å². The van der Waals surface area contributed by atoms with E-state index in [2.05, 4.69) is 26.0 Å². The van der Waals surface area contributed by atoms with Gasteiger partial charge in [-0.3, -0.25) is 4.99 Å². The fraction of sp³-hybridized carbons (Fsp3) is 0.632. The number of guanidine groups is 1. The summed E-state index contributed by atoms with van der Waals surface area (Å²) in [7, 11) is 0.147. The molecule has 1 aromatic carbocycles. The average Bonchev–Trinajstić information content (AvgIpc) is 2.71. The highest BCUT2D eigenvalue weighted by Gasteiger charge is 2.21. The van der Waals surface area contributed by atoms with Gasteiger partial charge in [-0.2, -0.15) is 0 Å². The number of hydrogen-bond acceptors (Lipinski definition) is 5. The molecule has 0 saturated carbocycles. The van der Waals surface area contributed by atoms with Gasteiger partial charge in [0.2, 0.25) is 10.0 Å². The highest BCUT2D eigenvalue weighted by molar-refractivity contribution is 14.0. The van der Waals surface area contributed by atoms with Crippen LogP contribution in [0.5, 0.6) is 11.5 Å². The summed E-state index contributed by atoms with van der Waals surface area (Å²) in [4.78, 5) is 6.89. The molecule has 1 aromatic rings. The van der Waals surface area contributed by atoms with E-state index < -0.39 is 10.0 Å². The van der Waals surface area contributed by atoms with Crippen molar-refractivity contribution in [1.82, 2.24) is 14.9 Å². The number of nitrogens with one attached hydrogen (secondary N) is 2. The fourth-order valence-corrected chi connectivity index (χ4v) is 3.74. The zero-order valence-electron chi connectivity index (χ0n) is 17.7. The molecule has 0 bridgehead atoms. The van der Waals surface area contributed by atoms with Crippen LogP contribution in [-0.4, -0.2) is 65.4 Å². The van der Waals surface area contributed by atoms with Crippen molar-refractivity contribution in [2.75, 3.05) is 46.2 Å². The molecule has 1 aliphatic rings. The van der Waals surface area contributed by atoms with Crippen LogP contribution in [0.15, 0.2) is 17.1 Å². The van der Waals surface area contributed by atoms with Gasteiger partial charge >= 0.3 is 0 Å². The maximum Gasteiger partial charge on any atom is 0.211 e. The van der Waals surface area contributed by atoms with Gasteiger partial charge in [0, 0.05) is 32.7 Å². The first-order valence-corrected chi connectivity index (χ1v) is 11.3. The number of nitrogens with zero attached hydrogens (tertiary/aromatic N) is 2. The minimum atomic E-state index is -3.14. The molecule has 29 heavy (non-hydrogen) atoms. The Labute approximate surface area is 191 Å². The second-order valence-corrected chi connectivity index (χ2v) is 8.63. The first-order valence-electron chi connectivity index (χ1n) is 9.68. The molecule has 0 radical (unpaired) electrons. The summed E-state index contributed by atoms with van der Waals surface area (Å²) >= 11 is 0. The number of ether oxygens (including phenoxy) is 2. The van der Waals surface area contributed by atoms with Crippen LogP contribution in [0.4, 0.5) is 0 Å². The van der Waals surface area contributed by atoms with Gasteiger partial charge in [-0.15, -0.1) is 24.0 Å². The molecular formula is C19H33IN4O4S. The first-order chi connectivity index (χ1) is 13.4. The average molecular weight is 540 g/mol. The van der Waals surface area contributed by atoms with Crippen molar-refractivity contribution in [2.45, 2.75) is 33.2 Å². The lowest BCUT2D eigenvalue weighted by molar-refractivity contribution is 0.346. The predicted octanol–water partition coefficient (Wildman–Crippen LogP) is 1.97. The molecule has 2 N–H and O–H groups in total. The molecule has 10 heteroatoms. The summed E-state index contributed by atoms with van der Waals surface area (Å²) in [6.07, 6.45) is 1.56. The van der Waals surface area contributed by atoms with E-state index in [1.807, 2.05) is 13.0 Å². The monoisotopic (exact) mass is 540 g/mol. The lowest BCUT2D eigenvalue weighted by Crippen LogP contribution is -2.44. The SMILES string of the molecule is CCNC(=NCCCNS(=O)(=O)CC)N1CCc2cc(OC)c(OC)cc2C1.I. The highest BCUT2D eigenvalue weighted by atomic mass is 127. The second-order valence-electron chi connectivity index (χ2n) is 6.53. The van der Waals surface area contributed by atoms with Crippen molar-refractivity contribution < 1.29 is 17.9 Å². The third-order valence-corrected chi connectivity index (χ3v) is 6.05. The van der Waals surface area contributed by atoms with E-state index in [4.69, 9.17) is 9.47 Å². The molecule has 0 fully saturated rings. The molecule has 0 unspecified atom stereocenters. The maximum absolute atomic E-state index is 11.5. The second kappa shape index (κ2) is 12.4. The van der Waals surface area contributed by atoms with Crippen molar-refractivity contribution in [1.29, 1.82) is 0 Å². The molecule has 0 atom stereocenters. The Bertz CT molecular complexity index is 787. The van der Waals surface area contributed by atoms with Gasteiger partial charge in [-0.25, -0.2) is 13.1 Å². The summed E-state index contributed by atoms with van der Waals surface area (Å²) in [6, 6.07) is 4.08. The molecule has 0 spiro atoms. The predicted molar refractivity (Wildman–Crippen MR) is 127 cm³/mol. The number of sulfonamides is 1. The van der Waals surface area contributed by atoms with E-state index in [1.54, 1.807) is 21.1 Å². The van der Waals surface area contributed by atoms with Crippen molar-refractivity contribution in [3.8, 4) is 11.5 Å². The number of methoxy groups -OCH3 is 2. The summed E-state index contributed by atoms with van der Waals surface area (Å²) in [5, 5.41) is 3.33. The molecule has 0 amide bonds. The number of halogens is 1.